The van der Waals surface area contributed by atoms with E-state index in [4.69, 9.17) is 5.11 Å². The molecule has 2 unspecified atom stereocenters. The highest BCUT2D eigenvalue weighted by Crippen LogP contribution is 2.36. The van der Waals surface area contributed by atoms with E-state index >= 15 is 0 Å². The predicted molar refractivity (Wildman–Crippen MR) is 57.7 cm³/mol. The largest absolute Gasteiger partial charge is 0.480 e. The highest BCUT2D eigenvalue weighted by molar-refractivity contribution is 8.00. The van der Waals surface area contributed by atoms with Crippen molar-refractivity contribution in [2.75, 3.05) is 12.3 Å². The lowest BCUT2D eigenvalue weighted by Gasteiger charge is -2.26. The van der Waals surface area contributed by atoms with Gasteiger partial charge >= 0.3 is 5.97 Å². The van der Waals surface area contributed by atoms with E-state index in [2.05, 4.69) is 11.8 Å². The first-order valence-electron chi connectivity index (χ1n) is 5.26. The number of nitrogens with zero attached hydrogens (tertiary/aromatic N) is 1. The van der Waals surface area contributed by atoms with Gasteiger partial charge in [-0.2, -0.15) is 11.8 Å². The summed E-state index contributed by atoms with van der Waals surface area (Å²) in [5.41, 5.74) is 0. The molecule has 14 heavy (non-hydrogen) atoms. The van der Waals surface area contributed by atoms with Crippen molar-refractivity contribution in [2.45, 2.75) is 43.5 Å². The molecule has 4 heteroatoms. The minimum absolute atomic E-state index is 0.239. The molecule has 80 valence electrons. The standard InChI is InChI=1S/C10H17NO2S/c1-7-4-9(6-14-7)11(5-10(12)13)8-2-3-8/h7-9H,2-6H2,1H3,(H,12,13). The molecule has 0 amide bonds. The fraction of sp³-hybridized carbons (Fsp3) is 0.900. The summed E-state index contributed by atoms with van der Waals surface area (Å²) < 4.78 is 0. The number of carboxylic acids is 1. The molecule has 0 aromatic heterocycles. The van der Waals surface area contributed by atoms with Gasteiger partial charge in [-0.05, 0) is 19.3 Å². The molecule has 1 heterocycles. The van der Waals surface area contributed by atoms with Gasteiger partial charge in [0.25, 0.3) is 0 Å². The highest BCUT2D eigenvalue weighted by Gasteiger charge is 2.37. The van der Waals surface area contributed by atoms with E-state index in [1.54, 1.807) is 0 Å². The lowest BCUT2D eigenvalue weighted by atomic mass is 10.1. The minimum atomic E-state index is -0.679. The smallest absolute Gasteiger partial charge is 0.317 e. The first kappa shape index (κ1) is 10.3. The summed E-state index contributed by atoms with van der Waals surface area (Å²) in [4.78, 5) is 12.9. The molecule has 2 atom stereocenters. The molecule has 0 aromatic carbocycles. The van der Waals surface area contributed by atoms with Crippen LogP contribution in [0.4, 0.5) is 0 Å². The third kappa shape index (κ3) is 2.42. The second kappa shape index (κ2) is 4.11. The topological polar surface area (TPSA) is 40.5 Å². The van der Waals surface area contributed by atoms with Crippen molar-refractivity contribution in [3.8, 4) is 0 Å². The quantitative estimate of drug-likeness (QED) is 0.770. The van der Waals surface area contributed by atoms with E-state index in [1.165, 1.54) is 12.8 Å². The third-order valence-electron chi connectivity index (χ3n) is 2.98. The molecule has 1 aliphatic carbocycles. The SMILES string of the molecule is CC1CC(N(CC(=O)O)C2CC2)CS1. The van der Waals surface area contributed by atoms with Crippen LogP contribution in [-0.2, 0) is 4.79 Å². The van der Waals surface area contributed by atoms with E-state index < -0.39 is 5.97 Å². The fourth-order valence-corrected chi connectivity index (χ4v) is 3.38. The maximum atomic E-state index is 10.7. The normalized spacial score (nSPS) is 32.4. The Bertz CT molecular complexity index is 230. The molecule has 2 aliphatic rings. The molecule has 1 saturated carbocycles. The van der Waals surface area contributed by atoms with Crippen LogP contribution < -0.4 is 0 Å². The molecule has 1 aliphatic heterocycles. The number of thioether (sulfide) groups is 1. The number of carboxylic acid groups (broad SMARTS) is 1. The lowest BCUT2D eigenvalue weighted by Crippen LogP contribution is -2.41. The third-order valence-corrected chi connectivity index (χ3v) is 4.32. The van der Waals surface area contributed by atoms with Crippen molar-refractivity contribution >= 4 is 17.7 Å². The van der Waals surface area contributed by atoms with Gasteiger partial charge < -0.3 is 5.11 Å². The number of aliphatic carboxylic acids is 1. The van der Waals surface area contributed by atoms with Crippen LogP contribution in [0.1, 0.15) is 26.2 Å². The maximum Gasteiger partial charge on any atom is 0.317 e. The fourth-order valence-electron chi connectivity index (χ4n) is 2.14. The zero-order valence-corrected chi connectivity index (χ0v) is 9.30. The van der Waals surface area contributed by atoms with Crippen LogP contribution in [0.2, 0.25) is 0 Å². The Morgan fingerprint density at radius 1 is 1.50 bits per heavy atom. The summed E-state index contributed by atoms with van der Waals surface area (Å²) in [7, 11) is 0. The van der Waals surface area contributed by atoms with E-state index in [-0.39, 0.29) is 6.54 Å². The second-order valence-electron chi connectivity index (χ2n) is 4.33. The van der Waals surface area contributed by atoms with Crippen molar-refractivity contribution in [1.29, 1.82) is 0 Å². The molecule has 1 saturated heterocycles. The molecule has 0 spiro atoms. The number of hydrogen-bond donors (Lipinski definition) is 1. The molecular weight excluding hydrogens is 198 g/mol. The van der Waals surface area contributed by atoms with Crippen LogP contribution in [-0.4, -0.2) is 45.6 Å². The summed E-state index contributed by atoms with van der Waals surface area (Å²) in [5, 5.41) is 9.54. The summed E-state index contributed by atoms with van der Waals surface area (Å²) in [6, 6.07) is 1.08. The maximum absolute atomic E-state index is 10.7. The van der Waals surface area contributed by atoms with Crippen LogP contribution in [0.5, 0.6) is 0 Å². The summed E-state index contributed by atoms with van der Waals surface area (Å²) in [6.45, 7) is 2.47. The Balaban J connectivity index is 1.92. The Kier molecular flexibility index (Phi) is 3.02. The van der Waals surface area contributed by atoms with Gasteiger partial charge in [-0.15, -0.1) is 0 Å². The molecule has 1 N–H and O–H groups in total. The lowest BCUT2D eigenvalue weighted by molar-refractivity contribution is -0.139. The highest BCUT2D eigenvalue weighted by atomic mass is 32.2. The van der Waals surface area contributed by atoms with Gasteiger partial charge in [-0.3, -0.25) is 9.69 Å². The second-order valence-corrected chi connectivity index (χ2v) is 5.80. The number of rotatable bonds is 4. The molecule has 2 fully saturated rings. The van der Waals surface area contributed by atoms with Gasteiger partial charge in [0.15, 0.2) is 0 Å². The minimum Gasteiger partial charge on any atom is -0.480 e. The first-order valence-corrected chi connectivity index (χ1v) is 6.31. The van der Waals surface area contributed by atoms with Gasteiger partial charge in [0.1, 0.15) is 0 Å². The van der Waals surface area contributed by atoms with E-state index in [1.807, 2.05) is 11.8 Å². The molecule has 0 radical (unpaired) electrons. The van der Waals surface area contributed by atoms with Gasteiger partial charge in [0.05, 0.1) is 6.54 Å². The number of hydrogen-bond acceptors (Lipinski definition) is 3. The van der Waals surface area contributed by atoms with Gasteiger partial charge in [-0.1, -0.05) is 6.92 Å². The zero-order valence-electron chi connectivity index (χ0n) is 8.48. The van der Waals surface area contributed by atoms with Crippen molar-refractivity contribution in [3.63, 3.8) is 0 Å². The van der Waals surface area contributed by atoms with Crippen molar-refractivity contribution in [1.82, 2.24) is 4.90 Å². The Labute approximate surface area is 88.9 Å². The monoisotopic (exact) mass is 215 g/mol. The van der Waals surface area contributed by atoms with Gasteiger partial charge in [-0.25, -0.2) is 0 Å². The van der Waals surface area contributed by atoms with E-state index in [0.29, 0.717) is 17.3 Å². The first-order chi connectivity index (χ1) is 6.66. The van der Waals surface area contributed by atoms with Gasteiger partial charge in [0, 0.05) is 23.1 Å². The summed E-state index contributed by atoms with van der Waals surface area (Å²) in [5.74, 6) is 0.437. The van der Waals surface area contributed by atoms with Crippen LogP contribution in [0.25, 0.3) is 0 Å². The van der Waals surface area contributed by atoms with Crippen LogP contribution in [0.3, 0.4) is 0 Å². The van der Waals surface area contributed by atoms with Crippen molar-refractivity contribution in [3.05, 3.63) is 0 Å². The molecular formula is C10H17NO2S. The number of carbonyl (C=O) groups is 1. The molecule has 0 bridgehead atoms. The zero-order chi connectivity index (χ0) is 10.1. The van der Waals surface area contributed by atoms with Crippen LogP contribution >= 0.6 is 11.8 Å². The van der Waals surface area contributed by atoms with Gasteiger partial charge in [0.2, 0.25) is 0 Å². The van der Waals surface area contributed by atoms with E-state index in [9.17, 15) is 4.79 Å². The predicted octanol–water partition coefficient (Wildman–Crippen LogP) is 1.43. The summed E-state index contributed by atoms with van der Waals surface area (Å²) >= 11 is 1.97. The Morgan fingerprint density at radius 2 is 2.21 bits per heavy atom. The average Bonchev–Trinajstić information content (AvgIpc) is 2.85. The van der Waals surface area contributed by atoms with Crippen molar-refractivity contribution < 1.29 is 9.90 Å². The average molecular weight is 215 g/mol. The Hall–Kier alpha value is -0.220. The molecule has 2 rings (SSSR count). The van der Waals surface area contributed by atoms with Crippen LogP contribution in [0.15, 0.2) is 0 Å². The molecule has 3 nitrogen and oxygen atoms in total. The molecule has 0 aromatic rings. The summed E-state index contributed by atoms with van der Waals surface area (Å²) in [6.07, 6.45) is 3.56. The van der Waals surface area contributed by atoms with E-state index in [0.717, 1.165) is 12.2 Å². The Morgan fingerprint density at radius 3 is 2.64 bits per heavy atom. The van der Waals surface area contributed by atoms with Crippen molar-refractivity contribution in [2.24, 2.45) is 0 Å². The van der Waals surface area contributed by atoms with Crippen LogP contribution in [0, 0.1) is 0 Å².